The van der Waals surface area contributed by atoms with Crippen molar-refractivity contribution in [2.45, 2.75) is 50.7 Å². The van der Waals surface area contributed by atoms with E-state index in [2.05, 4.69) is 5.32 Å². The van der Waals surface area contributed by atoms with Crippen molar-refractivity contribution in [2.24, 2.45) is 0 Å². The van der Waals surface area contributed by atoms with E-state index in [4.69, 9.17) is 21.1 Å². The number of hydrogen-bond acceptors (Lipinski definition) is 6. The molecule has 0 spiro atoms. The van der Waals surface area contributed by atoms with Gasteiger partial charge in [-0.2, -0.15) is 0 Å². The van der Waals surface area contributed by atoms with Gasteiger partial charge in [0.25, 0.3) is 10.0 Å². The minimum atomic E-state index is -4.27. The number of ether oxygens (including phenoxy) is 2. The molecule has 220 valence electrons. The summed E-state index contributed by atoms with van der Waals surface area (Å²) < 4.78 is 39.6. The van der Waals surface area contributed by atoms with Crippen LogP contribution in [0.1, 0.15) is 32.8 Å². The van der Waals surface area contributed by atoms with Crippen molar-refractivity contribution in [1.82, 2.24) is 10.2 Å². The molecular weight excluding hydrogens is 566 g/mol. The fourth-order valence-corrected chi connectivity index (χ4v) is 5.71. The molecule has 0 unspecified atom stereocenters. The monoisotopic (exact) mass is 601 g/mol. The fraction of sp³-hybridized carbons (Fsp3) is 0.333. The van der Waals surface area contributed by atoms with Crippen LogP contribution in [0.2, 0.25) is 5.02 Å². The number of nitrogens with one attached hydrogen (secondary N) is 1. The summed E-state index contributed by atoms with van der Waals surface area (Å²) in [7, 11) is -1.41. The summed E-state index contributed by atoms with van der Waals surface area (Å²) >= 11 is 6.40. The fourth-order valence-electron chi connectivity index (χ4n) is 4.09. The summed E-state index contributed by atoms with van der Waals surface area (Å²) in [6, 6.07) is 18.5. The molecule has 2 atom stereocenters. The number of para-hydroxylation sites is 1. The molecule has 2 amide bonds. The van der Waals surface area contributed by atoms with E-state index in [1.54, 1.807) is 61.5 Å². The number of halogens is 1. The summed E-state index contributed by atoms with van der Waals surface area (Å²) in [5.41, 5.74) is 0.907. The standard InChI is InChI=1S/C30H36ClN3O6S/c1-6-21(2)32-30(36)22(3)33(19-23-12-10-11-15-26(23)31)29(35)20-34(24-13-8-7-9-14-24)41(37,38)25-16-17-27(39-4)28(18-25)40-5/h7-18,21-22H,6,19-20H2,1-5H3,(H,32,36)/t21-,22+/m1/s1. The van der Waals surface area contributed by atoms with Crippen LogP contribution in [0.3, 0.4) is 0 Å². The Morgan fingerprint density at radius 1 is 0.927 bits per heavy atom. The van der Waals surface area contributed by atoms with E-state index in [0.717, 1.165) is 4.31 Å². The second-order valence-corrected chi connectivity index (χ2v) is 11.7. The lowest BCUT2D eigenvalue weighted by Crippen LogP contribution is -2.52. The van der Waals surface area contributed by atoms with Gasteiger partial charge in [0.05, 0.1) is 24.8 Å². The van der Waals surface area contributed by atoms with Gasteiger partial charge in [0.15, 0.2) is 11.5 Å². The predicted octanol–water partition coefficient (Wildman–Crippen LogP) is 4.88. The lowest BCUT2D eigenvalue weighted by atomic mass is 10.1. The molecule has 3 aromatic rings. The first-order chi connectivity index (χ1) is 19.5. The van der Waals surface area contributed by atoms with E-state index in [-0.39, 0.29) is 34.8 Å². The van der Waals surface area contributed by atoms with Gasteiger partial charge in [-0.15, -0.1) is 0 Å². The van der Waals surface area contributed by atoms with E-state index >= 15 is 0 Å². The SMILES string of the molecule is CC[C@@H](C)NC(=O)[C@H](C)N(Cc1ccccc1Cl)C(=O)CN(c1ccccc1)S(=O)(=O)c1ccc(OC)c(OC)c1. The normalized spacial score (nSPS) is 12.6. The van der Waals surface area contributed by atoms with Gasteiger partial charge in [0, 0.05) is 23.7 Å². The van der Waals surface area contributed by atoms with Gasteiger partial charge in [0.2, 0.25) is 11.8 Å². The quantitative estimate of drug-likeness (QED) is 0.299. The minimum Gasteiger partial charge on any atom is -0.493 e. The second-order valence-electron chi connectivity index (χ2n) is 9.47. The molecule has 3 rings (SSSR count). The third-order valence-electron chi connectivity index (χ3n) is 6.73. The highest BCUT2D eigenvalue weighted by Crippen LogP contribution is 2.32. The predicted molar refractivity (Wildman–Crippen MR) is 160 cm³/mol. The van der Waals surface area contributed by atoms with Crippen molar-refractivity contribution in [2.75, 3.05) is 25.1 Å². The maximum absolute atomic E-state index is 14.0. The molecule has 0 aliphatic carbocycles. The molecular formula is C30H36ClN3O6S. The first-order valence-corrected chi connectivity index (χ1v) is 15.0. The molecule has 0 aromatic heterocycles. The van der Waals surface area contributed by atoms with Crippen LogP contribution in [-0.4, -0.2) is 58.0 Å². The number of nitrogens with zero attached hydrogens (tertiary/aromatic N) is 2. The summed E-state index contributed by atoms with van der Waals surface area (Å²) in [5, 5.41) is 3.33. The smallest absolute Gasteiger partial charge is 0.264 e. The summed E-state index contributed by atoms with van der Waals surface area (Å²) in [4.78, 5) is 28.4. The zero-order valence-corrected chi connectivity index (χ0v) is 25.4. The molecule has 0 aliphatic rings. The number of anilines is 1. The highest BCUT2D eigenvalue weighted by Gasteiger charge is 2.33. The van der Waals surface area contributed by atoms with Crippen molar-refractivity contribution in [1.29, 1.82) is 0 Å². The Balaban J connectivity index is 2.05. The lowest BCUT2D eigenvalue weighted by Gasteiger charge is -2.32. The Morgan fingerprint density at radius 2 is 1.56 bits per heavy atom. The van der Waals surface area contributed by atoms with Gasteiger partial charge in [0.1, 0.15) is 12.6 Å². The summed E-state index contributed by atoms with van der Waals surface area (Å²) in [6.07, 6.45) is 0.711. The zero-order valence-electron chi connectivity index (χ0n) is 23.8. The van der Waals surface area contributed by atoms with Crippen molar-refractivity contribution >= 4 is 39.1 Å². The maximum atomic E-state index is 14.0. The van der Waals surface area contributed by atoms with Crippen molar-refractivity contribution < 1.29 is 27.5 Å². The van der Waals surface area contributed by atoms with Crippen LogP contribution >= 0.6 is 11.6 Å². The highest BCUT2D eigenvalue weighted by molar-refractivity contribution is 7.92. The van der Waals surface area contributed by atoms with Crippen LogP contribution in [0.15, 0.2) is 77.7 Å². The molecule has 0 saturated carbocycles. The zero-order chi connectivity index (χ0) is 30.2. The molecule has 11 heteroatoms. The van der Waals surface area contributed by atoms with Gasteiger partial charge in [-0.3, -0.25) is 13.9 Å². The molecule has 0 fully saturated rings. The van der Waals surface area contributed by atoms with Crippen LogP contribution in [0.25, 0.3) is 0 Å². The minimum absolute atomic E-state index is 0.00658. The van der Waals surface area contributed by atoms with E-state index in [9.17, 15) is 18.0 Å². The molecule has 0 heterocycles. The van der Waals surface area contributed by atoms with Crippen LogP contribution in [0, 0.1) is 0 Å². The van der Waals surface area contributed by atoms with Crippen LogP contribution < -0.4 is 19.1 Å². The number of amides is 2. The third-order valence-corrected chi connectivity index (χ3v) is 8.87. The number of carbonyl (C=O) groups excluding carboxylic acids is 2. The molecule has 0 bridgehead atoms. The first-order valence-electron chi connectivity index (χ1n) is 13.2. The number of rotatable bonds is 13. The van der Waals surface area contributed by atoms with Crippen molar-refractivity contribution in [3.05, 3.63) is 83.4 Å². The lowest BCUT2D eigenvalue weighted by molar-refractivity contribution is -0.139. The Hall–Kier alpha value is -3.76. The Bertz CT molecular complexity index is 1450. The van der Waals surface area contributed by atoms with E-state index in [0.29, 0.717) is 22.8 Å². The topological polar surface area (TPSA) is 105 Å². The maximum Gasteiger partial charge on any atom is 0.264 e. The van der Waals surface area contributed by atoms with E-state index in [1.807, 2.05) is 13.8 Å². The van der Waals surface area contributed by atoms with Crippen molar-refractivity contribution in [3.8, 4) is 11.5 Å². The Labute approximate surface area is 247 Å². The van der Waals surface area contributed by atoms with Gasteiger partial charge in [-0.1, -0.05) is 54.9 Å². The second kappa shape index (κ2) is 14.2. The molecule has 3 aromatic carbocycles. The number of carbonyl (C=O) groups is 2. The number of sulfonamides is 1. The summed E-state index contributed by atoms with van der Waals surface area (Å²) in [6.45, 7) is 4.87. The van der Waals surface area contributed by atoms with Gasteiger partial charge in [-0.05, 0) is 56.2 Å². The molecule has 0 saturated heterocycles. The Kier molecular flexibility index (Phi) is 11.0. The van der Waals surface area contributed by atoms with Crippen LogP contribution in [0.4, 0.5) is 5.69 Å². The third kappa shape index (κ3) is 7.71. The number of hydrogen-bond donors (Lipinski definition) is 1. The van der Waals surface area contributed by atoms with Crippen LogP contribution in [-0.2, 0) is 26.2 Å². The number of benzene rings is 3. The molecule has 41 heavy (non-hydrogen) atoms. The average Bonchev–Trinajstić information content (AvgIpc) is 2.98. The summed E-state index contributed by atoms with van der Waals surface area (Å²) in [5.74, 6) is -0.345. The Morgan fingerprint density at radius 3 is 2.17 bits per heavy atom. The molecule has 0 aliphatic heterocycles. The molecule has 1 N–H and O–H groups in total. The molecule has 0 radical (unpaired) electrons. The van der Waals surface area contributed by atoms with E-state index < -0.39 is 28.5 Å². The van der Waals surface area contributed by atoms with Crippen LogP contribution in [0.5, 0.6) is 11.5 Å². The van der Waals surface area contributed by atoms with Gasteiger partial charge < -0.3 is 19.7 Å². The number of methoxy groups -OCH3 is 2. The highest BCUT2D eigenvalue weighted by atomic mass is 35.5. The first kappa shape index (κ1) is 31.8. The molecule has 9 nitrogen and oxygen atoms in total. The van der Waals surface area contributed by atoms with Crippen molar-refractivity contribution in [3.63, 3.8) is 0 Å². The van der Waals surface area contributed by atoms with Gasteiger partial charge >= 0.3 is 0 Å². The largest absolute Gasteiger partial charge is 0.493 e. The average molecular weight is 602 g/mol. The van der Waals surface area contributed by atoms with E-state index in [1.165, 1.54) is 37.3 Å². The van der Waals surface area contributed by atoms with Gasteiger partial charge in [-0.25, -0.2) is 8.42 Å².